The zero-order valence-corrected chi connectivity index (χ0v) is 32.2. The minimum atomic E-state index is -4.37. The number of allylic oxidation sites excluding steroid dienone is 3. The average Bonchev–Trinajstić information content (AvgIpc) is 3.08. The van der Waals surface area contributed by atoms with Crippen molar-refractivity contribution in [3.8, 4) is 0 Å². The predicted octanol–water partition coefficient (Wildman–Crippen LogP) is 10.8. The molecule has 0 spiro atoms. The van der Waals surface area contributed by atoms with Crippen LogP contribution in [0.5, 0.6) is 0 Å². The van der Waals surface area contributed by atoms with Crippen LogP contribution in [0.1, 0.15) is 180 Å². The van der Waals surface area contributed by atoms with Crippen LogP contribution in [0, 0.1) is 0 Å². The molecule has 2 atom stereocenters. The largest absolute Gasteiger partial charge is 0.472 e. The first kappa shape index (κ1) is 47.5. The van der Waals surface area contributed by atoms with Crippen LogP contribution in [0.25, 0.3) is 0 Å². The van der Waals surface area contributed by atoms with Gasteiger partial charge in [-0.1, -0.05) is 134 Å². The molecule has 0 aromatic heterocycles. The van der Waals surface area contributed by atoms with Gasteiger partial charge in [-0.3, -0.25) is 18.6 Å². The molecule has 9 nitrogen and oxygen atoms in total. The van der Waals surface area contributed by atoms with E-state index in [-0.39, 0.29) is 38.6 Å². The smallest absolute Gasteiger partial charge is 0.462 e. The first-order valence-electron chi connectivity index (χ1n) is 19.8. The van der Waals surface area contributed by atoms with E-state index in [0.717, 1.165) is 51.4 Å². The lowest BCUT2D eigenvalue weighted by atomic mass is 10.0. The third-order valence-corrected chi connectivity index (χ3v) is 9.44. The number of carbonyl (C=O) groups excluding carboxylic acids is 2. The number of unbranched alkanes of at least 4 members (excludes halogenated alkanes) is 22. The normalized spacial score (nSPS) is 13.4. The van der Waals surface area contributed by atoms with E-state index in [4.69, 9.17) is 24.3 Å². The van der Waals surface area contributed by atoms with Gasteiger partial charge in [0.1, 0.15) is 6.61 Å². The molecular formula is C39H74NO8P. The molecule has 0 amide bonds. The summed E-state index contributed by atoms with van der Waals surface area (Å²) in [6, 6.07) is 0. The number of carbonyl (C=O) groups is 2. The van der Waals surface area contributed by atoms with Gasteiger partial charge in [0.15, 0.2) is 6.10 Å². The third kappa shape index (κ3) is 36.1. The molecule has 0 aromatic rings. The quantitative estimate of drug-likeness (QED) is 0.0277. The number of hydrogen-bond donors (Lipinski definition) is 2. The summed E-state index contributed by atoms with van der Waals surface area (Å²) in [5.41, 5.74) is 5.33. The maximum atomic E-state index is 12.5. The van der Waals surface area contributed by atoms with Gasteiger partial charge in [-0.25, -0.2) is 4.57 Å². The number of phosphoric ester groups is 1. The molecule has 0 heterocycles. The van der Waals surface area contributed by atoms with Crippen LogP contribution in [-0.4, -0.2) is 49.3 Å². The molecule has 3 N–H and O–H groups in total. The molecule has 0 bridgehead atoms. The molecule has 0 fully saturated rings. The molecule has 1 unspecified atom stereocenters. The summed E-state index contributed by atoms with van der Waals surface area (Å²) >= 11 is 0. The van der Waals surface area contributed by atoms with Crippen molar-refractivity contribution in [2.45, 2.75) is 186 Å². The molecule has 0 saturated heterocycles. The Kier molecular flexibility index (Phi) is 35.2. The number of hydrogen-bond acceptors (Lipinski definition) is 8. The van der Waals surface area contributed by atoms with Gasteiger partial charge in [-0.2, -0.15) is 0 Å². The zero-order valence-electron chi connectivity index (χ0n) is 31.3. The number of esters is 2. The second kappa shape index (κ2) is 36.3. The fraction of sp³-hybridized carbons (Fsp3) is 0.846. The summed E-state index contributed by atoms with van der Waals surface area (Å²) in [6.07, 6.45) is 35.3. The summed E-state index contributed by atoms with van der Waals surface area (Å²) in [4.78, 5) is 34.7. The summed E-state index contributed by atoms with van der Waals surface area (Å²) < 4.78 is 32.6. The van der Waals surface area contributed by atoms with Crippen molar-refractivity contribution in [2.24, 2.45) is 5.73 Å². The highest BCUT2D eigenvalue weighted by Gasteiger charge is 2.25. The Morgan fingerprint density at radius 2 is 1.10 bits per heavy atom. The maximum absolute atomic E-state index is 12.5. The van der Waals surface area contributed by atoms with E-state index >= 15 is 0 Å². The Morgan fingerprint density at radius 1 is 0.653 bits per heavy atom. The monoisotopic (exact) mass is 716 g/mol. The molecule has 10 heteroatoms. The van der Waals surface area contributed by atoms with E-state index in [0.29, 0.717) is 6.42 Å². The number of rotatable bonds is 38. The van der Waals surface area contributed by atoms with Gasteiger partial charge >= 0.3 is 19.8 Å². The van der Waals surface area contributed by atoms with Crippen LogP contribution in [0.4, 0.5) is 0 Å². The topological polar surface area (TPSA) is 134 Å². The average molecular weight is 716 g/mol. The Labute approximate surface area is 300 Å². The molecule has 0 radical (unpaired) electrons. The van der Waals surface area contributed by atoms with Gasteiger partial charge in [0.2, 0.25) is 0 Å². The highest BCUT2D eigenvalue weighted by Crippen LogP contribution is 2.43. The Morgan fingerprint density at radius 3 is 1.61 bits per heavy atom. The minimum Gasteiger partial charge on any atom is -0.462 e. The summed E-state index contributed by atoms with van der Waals surface area (Å²) in [6.45, 7) is 5.22. The highest BCUT2D eigenvalue weighted by molar-refractivity contribution is 7.47. The summed E-state index contributed by atoms with van der Waals surface area (Å²) in [5.74, 6) is -0.847. The molecule has 0 rings (SSSR count). The van der Waals surface area contributed by atoms with Gasteiger partial charge in [0, 0.05) is 19.4 Å². The lowest BCUT2D eigenvalue weighted by molar-refractivity contribution is -0.161. The van der Waals surface area contributed by atoms with E-state index in [1.165, 1.54) is 103 Å². The number of nitrogens with two attached hydrogens (primary N) is 1. The third-order valence-electron chi connectivity index (χ3n) is 8.46. The highest BCUT2D eigenvalue weighted by atomic mass is 31.2. The molecule has 0 aromatic carbocycles. The van der Waals surface area contributed by atoms with Crippen LogP contribution in [0.3, 0.4) is 0 Å². The van der Waals surface area contributed by atoms with Gasteiger partial charge < -0.3 is 20.1 Å². The maximum Gasteiger partial charge on any atom is 0.472 e. The standard InChI is InChI=1S/C39H74NO8P/c1-3-5-7-9-11-13-15-17-18-20-21-23-25-27-29-31-38(41)45-35-37(36-47-49(43,44)46-34-33-40)48-39(42)32-30-28-26-24-22-19-16-14-12-10-8-6-4-2/h3,19,22,37H,1,4-18,20-21,23-36,40H2,2H3,(H,43,44)/b22-19+/t37-/m1/s1. The van der Waals surface area contributed by atoms with E-state index in [1.807, 2.05) is 6.08 Å². The zero-order chi connectivity index (χ0) is 36.1. The number of ether oxygens (including phenoxy) is 2. The SMILES string of the molecule is C=CCCCCCCCCCCCCCCCC(=O)OC[C@H](COP(=O)(O)OCCN)OC(=O)CCCCC/C=C/CCCCCCCC. The summed E-state index contributed by atoms with van der Waals surface area (Å²) in [7, 11) is -4.37. The molecule has 0 aliphatic heterocycles. The van der Waals surface area contributed by atoms with Crippen molar-refractivity contribution in [1.29, 1.82) is 0 Å². The first-order chi connectivity index (χ1) is 23.8. The Balaban J connectivity index is 4.19. The second-order valence-corrected chi connectivity index (χ2v) is 14.7. The first-order valence-corrected chi connectivity index (χ1v) is 21.3. The van der Waals surface area contributed by atoms with Crippen molar-refractivity contribution >= 4 is 19.8 Å². The summed E-state index contributed by atoms with van der Waals surface area (Å²) in [5, 5.41) is 0. The molecule has 0 aliphatic carbocycles. The fourth-order valence-electron chi connectivity index (χ4n) is 5.49. The van der Waals surface area contributed by atoms with E-state index in [2.05, 4.69) is 25.7 Å². The lowest BCUT2D eigenvalue weighted by Gasteiger charge is -2.19. The van der Waals surface area contributed by atoms with E-state index in [1.54, 1.807) is 0 Å². The van der Waals surface area contributed by atoms with Crippen LogP contribution in [-0.2, 0) is 32.7 Å². The van der Waals surface area contributed by atoms with Crippen molar-refractivity contribution in [1.82, 2.24) is 0 Å². The van der Waals surface area contributed by atoms with Crippen LogP contribution in [0.15, 0.2) is 24.8 Å². The van der Waals surface area contributed by atoms with E-state index < -0.39 is 26.5 Å². The van der Waals surface area contributed by atoms with Gasteiger partial charge in [0.25, 0.3) is 0 Å². The number of phosphoric acid groups is 1. The Bertz CT molecular complexity index is 853. The molecule has 0 saturated carbocycles. The van der Waals surface area contributed by atoms with Gasteiger partial charge in [-0.05, 0) is 51.4 Å². The molecule has 49 heavy (non-hydrogen) atoms. The molecule has 288 valence electrons. The van der Waals surface area contributed by atoms with Crippen LogP contribution in [0.2, 0.25) is 0 Å². The van der Waals surface area contributed by atoms with Crippen LogP contribution < -0.4 is 5.73 Å². The lowest BCUT2D eigenvalue weighted by Crippen LogP contribution is -2.29. The van der Waals surface area contributed by atoms with Crippen molar-refractivity contribution in [2.75, 3.05) is 26.4 Å². The predicted molar refractivity (Wildman–Crippen MR) is 201 cm³/mol. The van der Waals surface area contributed by atoms with Gasteiger partial charge in [0.05, 0.1) is 13.2 Å². The molecular weight excluding hydrogens is 641 g/mol. The fourth-order valence-corrected chi connectivity index (χ4v) is 6.26. The van der Waals surface area contributed by atoms with Crippen molar-refractivity contribution < 1.29 is 37.6 Å². The molecule has 0 aliphatic rings. The van der Waals surface area contributed by atoms with Gasteiger partial charge in [-0.15, -0.1) is 6.58 Å². The minimum absolute atomic E-state index is 0.0516. The van der Waals surface area contributed by atoms with E-state index in [9.17, 15) is 19.0 Å². The van der Waals surface area contributed by atoms with Crippen LogP contribution >= 0.6 is 7.82 Å². The second-order valence-electron chi connectivity index (χ2n) is 13.2. The van der Waals surface area contributed by atoms with Crippen molar-refractivity contribution in [3.63, 3.8) is 0 Å². The van der Waals surface area contributed by atoms with Crippen molar-refractivity contribution in [3.05, 3.63) is 24.8 Å². The Hall–Kier alpha value is -1.51.